The van der Waals surface area contributed by atoms with Crippen LogP contribution in [0.2, 0.25) is 0 Å². The Kier molecular flexibility index (Phi) is 4.41. The van der Waals surface area contributed by atoms with Gasteiger partial charge in [0.15, 0.2) is 0 Å². The van der Waals surface area contributed by atoms with E-state index in [9.17, 15) is 5.11 Å². The summed E-state index contributed by atoms with van der Waals surface area (Å²) < 4.78 is 1.02. The first kappa shape index (κ1) is 14.4. The van der Waals surface area contributed by atoms with Crippen LogP contribution in [0.1, 0.15) is 5.56 Å². The highest BCUT2D eigenvalue weighted by Gasteiger charge is 2.19. The van der Waals surface area contributed by atoms with E-state index in [-0.39, 0.29) is 0 Å². The molecule has 1 fully saturated rings. The molecule has 0 radical (unpaired) electrons. The fourth-order valence-corrected chi connectivity index (χ4v) is 3.09. The van der Waals surface area contributed by atoms with Gasteiger partial charge in [-0.25, -0.2) is 0 Å². The number of nitrogens with zero attached hydrogens (tertiary/aromatic N) is 3. The molecule has 1 aliphatic heterocycles. The van der Waals surface area contributed by atoms with E-state index in [2.05, 4.69) is 36.8 Å². The van der Waals surface area contributed by atoms with Crippen molar-refractivity contribution in [2.75, 3.05) is 31.1 Å². The van der Waals surface area contributed by atoms with E-state index >= 15 is 0 Å². The summed E-state index contributed by atoms with van der Waals surface area (Å²) in [6.45, 7) is 4.75. The number of para-hydroxylation sites is 2. The van der Waals surface area contributed by atoms with Crippen LogP contribution in [0.4, 0.5) is 5.69 Å². The summed E-state index contributed by atoms with van der Waals surface area (Å²) in [5.74, 6) is 0.363. The Morgan fingerprint density at radius 2 is 1.86 bits per heavy atom. The zero-order chi connectivity index (χ0) is 14.7. The highest BCUT2D eigenvalue weighted by Crippen LogP contribution is 2.27. The molecule has 5 heteroatoms. The summed E-state index contributed by atoms with van der Waals surface area (Å²) in [5, 5.41) is 9.93. The molecule has 1 aromatic heterocycles. The Morgan fingerprint density at radius 1 is 1.10 bits per heavy atom. The van der Waals surface area contributed by atoms with Crippen molar-refractivity contribution in [3.63, 3.8) is 0 Å². The average molecular weight is 348 g/mol. The molecule has 4 nitrogen and oxygen atoms in total. The van der Waals surface area contributed by atoms with E-state index in [0.29, 0.717) is 5.75 Å². The maximum absolute atomic E-state index is 9.93. The number of phenols is 1. The number of pyridine rings is 1. The minimum absolute atomic E-state index is 0.363. The Hall–Kier alpha value is -1.59. The number of hydrogen-bond donors (Lipinski definition) is 1. The number of anilines is 1. The lowest BCUT2D eigenvalue weighted by molar-refractivity contribution is 0.249. The molecule has 0 amide bonds. The Labute approximate surface area is 133 Å². The van der Waals surface area contributed by atoms with Crippen molar-refractivity contribution in [1.29, 1.82) is 0 Å². The van der Waals surface area contributed by atoms with Gasteiger partial charge in [0, 0.05) is 49.6 Å². The standard InChI is InChI=1S/C16H18BrN3O/c17-14-9-13(10-18-11-14)12-19-5-7-20(8-6-19)15-3-1-2-4-16(15)21/h1-4,9-11,21H,5-8,12H2. The van der Waals surface area contributed by atoms with Gasteiger partial charge in [0.25, 0.3) is 0 Å². The van der Waals surface area contributed by atoms with Gasteiger partial charge in [-0.1, -0.05) is 12.1 Å². The van der Waals surface area contributed by atoms with E-state index in [1.165, 1.54) is 5.56 Å². The van der Waals surface area contributed by atoms with Crippen LogP contribution in [0.3, 0.4) is 0 Å². The smallest absolute Gasteiger partial charge is 0.138 e. The zero-order valence-corrected chi connectivity index (χ0v) is 13.3. The van der Waals surface area contributed by atoms with E-state index < -0.39 is 0 Å². The second-order valence-corrected chi connectivity index (χ2v) is 6.18. The monoisotopic (exact) mass is 347 g/mol. The third kappa shape index (κ3) is 3.54. The van der Waals surface area contributed by atoms with Crippen molar-refractivity contribution in [3.05, 3.63) is 52.8 Å². The lowest BCUT2D eigenvalue weighted by Crippen LogP contribution is -2.46. The fraction of sp³-hybridized carbons (Fsp3) is 0.312. The molecule has 0 bridgehead atoms. The number of benzene rings is 1. The maximum atomic E-state index is 9.93. The maximum Gasteiger partial charge on any atom is 0.138 e. The van der Waals surface area contributed by atoms with Gasteiger partial charge in [0.1, 0.15) is 5.75 Å². The molecule has 21 heavy (non-hydrogen) atoms. The number of hydrogen-bond acceptors (Lipinski definition) is 4. The van der Waals surface area contributed by atoms with Crippen molar-refractivity contribution in [3.8, 4) is 5.75 Å². The largest absolute Gasteiger partial charge is 0.506 e. The van der Waals surface area contributed by atoms with Crippen molar-refractivity contribution < 1.29 is 5.11 Å². The summed E-state index contributed by atoms with van der Waals surface area (Å²) in [7, 11) is 0. The van der Waals surface area contributed by atoms with Crippen molar-refractivity contribution in [2.24, 2.45) is 0 Å². The lowest BCUT2D eigenvalue weighted by Gasteiger charge is -2.36. The van der Waals surface area contributed by atoms with Crippen LogP contribution in [0.25, 0.3) is 0 Å². The lowest BCUT2D eigenvalue weighted by atomic mass is 10.2. The molecule has 0 saturated carbocycles. The van der Waals surface area contributed by atoms with Crippen LogP contribution in [-0.2, 0) is 6.54 Å². The van der Waals surface area contributed by atoms with E-state index in [1.807, 2.05) is 24.4 Å². The minimum atomic E-state index is 0.363. The predicted molar refractivity (Wildman–Crippen MR) is 87.5 cm³/mol. The van der Waals surface area contributed by atoms with Crippen LogP contribution in [-0.4, -0.2) is 41.2 Å². The van der Waals surface area contributed by atoms with E-state index in [4.69, 9.17) is 0 Å². The number of phenolic OH excluding ortho intramolecular Hbond substituents is 1. The van der Waals surface area contributed by atoms with Gasteiger partial charge in [0.2, 0.25) is 0 Å². The molecule has 1 aliphatic rings. The highest BCUT2D eigenvalue weighted by molar-refractivity contribution is 9.10. The van der Waals surface area contributed by atoms with E-state index in [1.54, 1.807) is 12.3 Å². The van der Waals surface area contributed by atoms with Crippen LogP contribution in [0.15, 0.2) is 47.2 Å². The van der Waals surface area contributed by atoms with Crippen LogP contribution < -0.4 is 4.90 Å². The molecule has 0 spiro atoms. The van der Waals surface area contributed by atoms with Crippen LogP contribution in [0.5, 0.6) is 5.75 Å². The van der Waals surface area contributed by atoms with Gasteiger partial charge in [-0.3, -0.25) is 9.88 Å². The molecule has 3 rings (SSSR count). The molecule has 0 unspecified atom stereocenters. The zero-order valence-electron chi connectivity index (χ0n) is 11.7. The normalized spacial score (nSPS) is 16.1. The molecule has 0 aliphatic carbocycles. The molecule has 110 valence electrons. The Balaban J connectivity index is 1.59. The molecular weight excluding hydrogens is 330 g/mol. The third-order valence-electron chi connectivity index (χ3n) is 3.76. The Morgan fingerprint density at radius 3 is 2.57 bits per heavy atom. The van der Waals surface area contributed by atoms with Crippen molar-refractivity contribution in [1.82, 2.24) is 9.88 Å². The van der Waals surface area contributed by atoms with Gasteiger partial charge in [-0.2, -0.15) is 0 Å². The second kappa shape index (κ2) is 6.45. The third-order valence-corrected chi connectivity index (χ3v) is 4.20. The molecule has 1 aromatic carbocycles. The summed E-state index contributed by atoms with van der Waals surface area (Å²) in [6, 6.07) is 9.66. The first-order valence-electron chi connectivity index (χ1n) is 7.07. The number of halogens is 1. The SMILES string of the molecule is Oc1ccccc1N1CCN(Cc2cncc(Br)c2)CC1. The fourth-order valence-electron chi connectivity index (χ4n) is 2.68. The molecule has 0 atom stereocenters. The van der Waals surface area contributed by atoms with Crippen LogP contribution >= 0.6 is 15.9 Å². The van der Waals surface area contributed by atoms with Crippen molar-refractivity contribution >= 4 is 21.6 Å². The van der Waals surface area contributed by atoms with E-state index in [0.717, 1.165) is 42.9 Å². The van der Waals surface area contributed by atoms with Gasteiger partial charge in [-0.05, 0) is 39.7 Å². The topological polar surface area (TPSA) is 39.6 Å². The number of piperazine rings is 1. The van der Waals surface area contributed by atoms with Gasteiger partial charge >= 0.3 is 0 Å². The second-order valence-electron chi connectivity index (χ2n) is 5.26. The summed E-state index contributed by atoms with van der Waals surface area (Å²) in [4.78, 5) is 8.86. The summed E-state index contributed by atoms with van der Waals surface area (Å²) in [6.07, 6.45) is 3.72. The van der Waals surface area contributed by atoms with Crippen LogP contribution in [0, 0.1) is 0 Å². The highest BCUT2D eigenvalue weighted by atomic mass is 79.9. The predicted octanol–water partition coefficient (Wildman–Crippen LogP) is 2.87. The average Bonchev–Trinajstić information content (AvgIpc) is 2.49. The minimum Gasteiger partial charge on any atom is -0.506 e. The summed E-state index contributed by atoms with van der Waals surface area (Å²) >= 11 is 3.46. The van der Waals surface area contributed by atoms with Crippen molar-refractivity contribution in [2.45, 2.75) is 6.54 Å². The summed E-state index contributed by atoms with van der Waals surface area (Å²) in [5.41, 5.74) is 2.15. The molecule has 1 N–H and O–H groups in total. The molecular formula is C16H18BrN3O. The number of rotatable bonds is 3. The first-order valence-corrected chi connectivity index (χ1v) is 7.86. The number of aromatic hydroxyl groups is 1. The number of aromatic nitrogens is 1. The molecule has 1 saturated heterocycles. The quantitative estimate of drug-likeness (QED) is 0.926. The van der Waals surface area contributed by atoms with Gasteiger partial charge < -0.3 is 10.0 Å². The molecule has 2 aromatic rings. The molecule has 2 heterocycles. The Bertz CT molecular complexity index is 612. The first-order chi connectivity index (χ1) is 10.2. The van der Waals surface area contributed by atoms with Gasteiger partial charge in [-0.15, -0.1) is 0 Å². The van der Waals surface area contributed by atoms with Gasteiger partial charge in [0.05, 0.1) is 5.69 Å².